The highest BCUT2D eigenvalue weighted by Crippen LogP contribution is 2.17. The average Bonchev–Trinajstić information content (AvgIpc) is 2.60. The quantitative estimate of drug-likeness (QED) is 0.208. The second-order valence-corrected chi connectivity index (χ2v) is 12.6. The molecule has 0 fully saturated rings. The van der Waals surface area contributed by atoms with Crippen molar-refractivity contribution in [2.75, 3.05) is 26.7 Å². The van der Waals surface area contributed by atoms with Gasteiger partial charge in [0.25, 0.3) is 0 Å². The number of hydrogen-bond donors (Lipinski definition) is 2. The molecule has 0 bridgehead atoms. The SMILES string of the molecule is CO[Si](C)(C)CCCCCCCCCCCCCCNCCCCN. The van der Waals surface area contributed by atoms with Crippen molar-refractivity contribution in [3.05, 3.63) is 0 Å². The molecule has 25 heavy (non-hydrogen) atoms. The third kappa shape index (κ3) is 20.3. The lowest BCUT2D eigenvalue weighted by Gasteiger charge is -2.19. The van der Waals surface area contributed by atoms with E-state index in [-0.39, 0.29) is 0 Å². The Morgan fingerprint density at radius 3 is 1.48 bits per heavy atom. The Morgan fingerprint density at radius 1 is 0.640 bits per heavy atom. The minimum atomic E-state index is -1.30. The molecule has 3 nitrogen and oxygen atoms in total. The molecule has 0 radical (unpaired) electrons. The van der Waals surface area contributed by atoms with Crippen LogP contribution in [-0.2, 0) is 4.43 Å². The van der Waals surface area contributed by atoms with Crippen LogP contribution in [-0.4, -0.2) is 35.1 Å². The van der Waals surface area contributed by atoms with Crippen molar-refractivity contribution in [3.8, 4) is 0 Å². The fraction of sp³-hybridized carbons (Fsp3) is 1.00. The molecule has 0 aliphatic rings. The minimum Gasteiger partial charge on any atom is -0.420 e. The van der Waals surface area contributed by atoms with Crippen molar-refractivity contribution < 1.29 is 4.43 Å². The van der Waals surface area contributed by atoms with Crippen molar-refractivity contribution in [2.45, 2.75) is 109 Å². The molecule has 3 N–H and O–H groups in total. The van der Waals surface area contributed by atoms with Gasteiger partial charge in [-0.25, -0.2) is 0 Å². The lowest BCUT2D eigenvalue weighted by molar-refractivity contribution is 0.400. The third-order valence-electron chi connectivity index (χ3n) is 5.24. The molecule has 0 atom stereocenters. The zero-order chi connectivity index (χ0) is 18.6. The number of rotatable bonds is 20. The van der Waals surface area contributed by atoms with Gasteiger partial charge in [-0.1, -0.05) is 70.6 Å². The van der Waals surface area contributed by atoms with Crippen LogP contribution in [0.1, 0.15) is 89.9 Å². The highest BCUT2D eigenvalue weighted by molar-refractivity contribution is 6.71. The highest BCUT2D eigenvalue weighted by atomic mass is 28.4. The van der Waals surface area contributed by atoms with E-state index in [0.717, 1.165) is 19.5 Å². The molecule has 0 aliphatic heterocycles. The van der Waals surface area contributed by atoms with E-state index in [4.69, 9.17) is 10.2 Å². The van der Waals surface area contributed by atoms with Crippen molar-refractivity contribution in [3.63, 3.8) is 0 Å². The predicted molar refractivity (Wildman–Crippen MR) is 116 cm³/mol. The van der Waals surface area contributed by atoms with E-state index < -0.39 is 8.32 Å². The van der Waals surface area contributed by atoms with Crippen LogP contribution in [0.4, 0.5) is 0 Å². The molecule has 0 spiro atoms. The van der Waals surface area contributed by atoms with Crippen molar-refractivity contribution in [1.82, 2.24) is 5.32 Å². The fourth-order valence-corrected chi connectivity index (χ4v) is 4.50. The zero-order valence-corrected chi connectivity index (χ0v) is 18.7. The first kappa shape index (κ1) is 25.1. The van der Waals surface area contributed by atoms with E-state index in [1.165, 1.54) is 96.1 Å². The molecule has 0 unspecified atom stereocenters. The summed E-state index contributed by atoms with van der Waals surface area (Å²) in [7, 11) is 0.586. The Morgan fingerprint density at radius 2 is 1.04 bits per heavy atom. The average molecular weight is 373 g/mol. The molecule has 0 saturated carbocycles. The molecule has 0 aliphatic carbocycles. The van der Waals surface area contributed by atoms with Gasteiger partial charge in [-0.3, -0.25) is 0 Å². The maximum absolute atomic E-state index is 5.60. The van der Waals surface area contributed by atoms with Gasteiger partial charge < -0.3 is 15.5 Å². The summed E-state index contributed by atoms with van der Waals surface area (Å²) < 4.78 is 5.60. The summed E-state index contributed by atoms with van der Waals surface area (Å²) in [6, 6.07) is 1.33. The first-order valence-electron chi connectivity index (χ1n) is 11.1. The van der Waals surface area contributed by atoms with Crippen LogP contribution < -0.4 is 11.1 Å². The maximum Gasteiger partial charge on any atom is 0.186 e. The summed E-state index contributed by atoms with van der Waals surface area (Å²) >= 11 is 0. The number of unbranched alkanes of at least 4 members (excludes halogenated alkanes) is 12. The molecular formula is C21H48N2OSi. The summed E-state index contributed by atoms with van der Waals surface area (Å²) in [6.07, 6.45) is 19.4. The first-order valence-corrected chi connectivity index (χ1v) is 14.2. The van der Waals surface area contributed by atoms with Crippen molar-refractivity contribution in [2.24, 2.45) is 5.73 Å². The Bertz CT molecular complexity index is 262. The Kier molecular flexibility index (Phi) is 18.9. The fourth-order valence-electron chi connectivity index (χ4n) is 3.19. The van der Waals surface area contributed by atoms with Crippen LogP contribution >= 0.6 is 0 Å². The monoisotopic (exact) mass is 372 g/mol. The van der Waals surface area contributed by atoms with E-state index in [2.05, 4.69) is 18.4 Å². The van der Waals surface area contributed by atoms with Gasteiger partial charge in [0.2, 0.25) is 0 Å². The lowest BCUT2D eigenvalue weighted by atomic mass is 10.1. The van der Waals surface area contributed by atoms with Crippen LogP contribution in [0.3, 0.4) is 0 Å². The predicted octanol–water partition coefficient (Wildman–Crippen LogP) is 5.85. The van der Waals surface area contributed by atoms with Gasteiger partial charge in [-0.15, -0.1) is 0 Å². The Hall–Kier alpha value is 0.0969. The van der Waals surface area contributed by atoms with Crippen LogP contribution in [0.15, 0.2) is 0 Å². The van der Waals surface area contributed by atoms with E-state index >= 15 is 0 Å². The highest BCUT2D eigenvalue weighted by Gasteiger charge is 2.18. The van der Waals surface area contributed by atoms with Crippen LogP contribution in [0.2, 0.25) is 19.1 Å². The molecule has 0 rings (SSSR count). The van der Waals surface area contributed by atoms with Gasteiger partial charge in [0.1, 0.15) is 0 Å². The summed E-state index contributed by atoms with van der Waals surface area (Å²) in [5.74, 6) is 0. The van der Waals surface area contributed by atoms with E-state index in [9.17, 15) is 0 Å². The van der Waals surface area contributed by atoms with Crippen LogP contribution in [0.5, 0.6) is 0 Å². The molecule has 0 aromatic rings. The molecule has 152 valence electrons. The van der Waals surface area contributed by atoms with Gasteiger partial charge in [0.05, 0.1) is 0 Å². The summed E-state index contributed by atoms with van der Waals surface area (Å²) in [5.41, 5.74) is 5.48. The summed E-state index contributed by atoms with van der Waals surface area (Å²) in [6.45, 7) is 7.81. The molecule has 0 heterocycles. The molecule has 4 heteroatoms. The van der Waals surface area contributed by atoms with E-state index in [1.54, 1.807) is 0 Å². The molecule has 0 amide bonds. The molecule has 0 aromatic heterocycles. The van der Waals surface area contributed by atoms with Gasteiger partial charge in [-0.05, 0) is 58.0 Å². The Labute approximate surface area is 160 Å². The minimum absolute atomic E-state index is 0.829. The standard InChI is InChI=1S/C21H48N2OSi/c1-24-25(2,3)21-17-13-11-9-7-5-4-6-8-10-12-15-19-23-20-16-14-18-22/h23H,4-22H2,1-3H3. The number of nitrogens with one attached hydrogen (secondary N) is 1. The second-order valence-electron chi connectivity index (χ2n) is 8.20. The lowest BCUT2D eigenvalue weighted by Crippen LogP contribution is -2.27. The molecule has 0 aromatic carbocycles. The first-order chi connectivity index (χ1) is 12.1. The van der Waals surface area contributed by atoms with E-state index in [1.807, 2.05) is 7.11 Å². The van der Waals surface area contributed by atoms with Gasteiger partial charge >= 0.3 is 0 Å². The zero-order valence-electron chi connectivity index (χ0n) is 17.7. The van der Waals surface area contributed by atoms with Gasteiger partial charge in [-0.2, -0.15) is 0 Å². The molecular weight excluding hydrogens is 324 g/mol. The molecule has 0 saturated heterocycles. The maximum atomic E-state index is 5.60. The van der Waals surface area contributed by atoms with Crippen molar-refractivity contribution >= 4 is 8.32 Å². The summed E-state index contributed by atoms with van der Waals surface area (Å²) in [4.78, 5) is 0. The van der Waals surface area contributed by atoms with Crippen LogP contribution in [0, 0.1) is 0 Å². The number of nitrogens with two attached hydrogens (primary N) is 1. The van der Waals surface area contributed by atoms with Crippen LogP contribution in [0.25, 0.3) is 0 Å². The smallest absolute Gasteiger partial charge is 0.186 e. The van der Waals surface area contributed by atoms with Gasteiger partial charge in [0.15, 0.2) is 8.32 Å². The van der Waals surface area contributed by atoms with Crippen molar-refractivity contribution in [1.29, 1.82) is 0 Å². The Balaban J connectivity index is 3.05. The normalized spacial score (nSPS) is 12.0. The number of hydrogen-bond acceptors (Lipinski definition) is 3. The second kappa shape index (κ2) is 18.9. The van der Waals surface area contributed by atoms with Gasteiger partial charge in [0, 0.05) is 7.11 Å². The summed E-state index contributed by atoms with van der Waals surface area (Å²) in [5, 5.41) is 3.51. The third-order valence-corrected chi connectivity index (χ3v) is 7.91. The largest absolute Gasteiger partial charge is 0.420 e. The topological polar surface area (TPSA) is 47.3 Å². The van der Waals surface area contributed by atoms with E-state index in [0.29, 0.717) is 0 Å².